The molecule has 0 aliphatic carbocycles. The van der Waals surface area contributed by atoms with Crippen molar-refractivity contribution in [1.29, 1.82) is 0 Å². The lowest BCUT2D eigenvalue weighted by atomic mass is 9.92. The minimum absolute atomic E-state index is 0.158. The van der Waals surface area contributed by atoms with Crippen molar-refractivity contribution in [3.05, 3.63) is 69.2 Å². The number of alkyl halides is 3. The predicted molar refractivity (Wildman–Crippen MR) is 76.4 cm³/mol. The van der Waals surface area contributed by atoms with Crippen molar-refractivity contribution in [2.24, 2.45) is 0 Å². The van der Waals surface area contributed by atoms with Crippen LogP contribution in [0, 0.1) is 13.8 Å². The Labute approximate surface area is 126 Å². The molecule has 21 heavy (non-hydrogen) atoms. The number of aliphatic hydroxyl groups is 1. The molecule has 5 heteroatoms. The van der Waals surface area contributed by atoms with Crippen LogP contribution in [0.3, 0.4) is 0 Å². The van der Waals surface area contributed by atoms with Crippen molar-refractivity contribution >= 4 is 11.6 Å². The molecule has 0 amide bonds. The standard InChI is InChI=1S/C16H14ClF3O/c1-9-8-14(17)10(2)7-12(9)15(21)11-5-3-4-6-13(11)16(18,19)20/h3-8,15,21H,1-2H3. The van der Waals surface area contributed by atoms with E-state index < -0.39 is 17.8 Å². The summed E-state index contributed by atoms with van der Waals surface area (Å²) in [5.74, 6) is 0. The maximum Gasteiger partial charge on any atom is 0.416 e. The Bertz CT molecular complexity index is 665. The van der Waals surface area contributed by atoms with E-state index in [-0.39, 0.29) is 5.56 Å². The van der Waals surface area contributed by atoms with Gasteiger partial charge in [-0.15, -0.1) is 0 Å². The molecular weight excluding hydrogens is 301 g/mol. The van der Waals surface area contributed by atoms with Crippen LogP contribution in [0.5, 0.6) is 0 Å². The van der Waals surface area contributed by atoms with Crippen molar-refractivity contribution in [2.75, 3.05) is 0 Å². The molecule has 0 saturated heterocycles. The molecule has 0 radical (unpaired) electrons. The highest BCUT2D eigenvalue weighted by Crippen LogP contribution is 2.37. The number of aryl methyl sites for hydroxylation is 2. The van der Waals surface area contributed by atoms with Crippen LogP contribution in [-0.2, 0) is 6.18 Å². The lowest BCUT2D eigenvalue weighted by Gasteiger charge is -2.20. The first-order chi connectivity index (χ1) is 9.71. The summed E-state index contributed by atoms with van der Waals surface area (Å²) in [6.45, 7) is 3.45. The number of benzene rings is 2. The first kappa shape index (κ1) is 15.9. The van der Waals surface area contributed by atoms with Gasteiger partial charge in [0.1, 0.15) is 6.10 Å². The van der Waals surface area contributed by atoms with Crippen molar-refractivity contribution in [2.45, 2.75) is 26.1 Å². The fourth-order valence-corrected chi connectivity index (χ4v) is 2.48. The maximum atomic E-state index is 13.0. The molecule has 0 saturated carbocycles. The summed E-state index contributed by atoms with van der Waals surface area (Å²) in [7, 11) is 0. The van der Waals surface area contributed by atoms with Crippen molar-refractivity contribution < 1.29 is 18.3 Å². The van der Waals surface area contributed by atoms with Crippen LogP contribution in [0.2, 0.25) is 5.02 Å². The van der Waals surface area contributed by atoms with E-state index in [9.17, 15) is 18.3 Å². The zero-order chi connectivity index (χ0) is 15.8. The third kappa shape index (κ3) is 3.22. The van der Waals surface area contributed by atoms with Crippen LogP contribution in [0.15, 0.2) is 36.4 Å². The summed E-state index contributed by atoms with van der Waals surface area (Å²) in [6, 6.07) is 8.31. The Morgan fingerprint density at radius 1 is 1.00 bits per heavy atom. The van der Waals surface area contributed by atoms with Gasteiger partial charge in [0.2, 0.25) is 0 Å². The number of hydrogen-bond acceptors (Lipinski definition) is 1. The molecule has 2 aromatic rings. The van der Waals surface area contributed by atoms with E-state index in [1.165, 1.54) is 18.2 Å². The minimum Gasteiger partial charge on any atom is -0.384 e. The van der Waals surface area contributed by atoms with Gasteiger partial charge in [0.25, 0.3) is 0 Å². The van der Waals surface area contributed by atoms with Crippen molar-refractivity contribution in [3.8, 4) is 0 Å². The molecule has 0 fully saturated rings. The van der Waals surface area contributed by atoms with Gasteiger partial charge in [0, 0.05) is 5.02 Å². The molecule has 0 aliphatic rings. The topological polar surface area (TPSA) is 20.2 Å². The monoisotopic (exact) mass is 314 g/mol. The number of rotatable bonds is 2. The van der Waals surface area contributed by atoms with Gasteiger partial charge in [-0.05, 0) is 48.2 Å². The van der Waals surface area contributed by atoms with Crippen LogP contribution in [0.4, 0.5) is 13.2 Å². The maximum absolute atomic E-state index is 13.0. The second kappa shape index (κ2) is 5.70. The quantitative estimate of drug-likeness (QED) is 0.821. The van der Waals surface area contributed by atoms with E-state index in [1.807, 2.05) is 0 Å². The summed E-state index contributed by atoms with van der Waals surface area (Å²) in [6.07, 6.45) is -5.86. The van der Waals surface area contributed by atoms with Crippen molar-refractivity contribution in [1.82, 2.24) is 0 Å². The largest absolute Gasteiger partial charge is 0.416 e. The summed E-state index contributed by atoms with van der Waals surface area (Å²) >= 11 is 5.98. The molecule has 2 rings (SSSR count). The molecule has 1 atom stereocenters. The molecule has 1 unspecified atom stereocenters. The van der Waals surface area contributed by atoms with E-state index >= 15 is 0 Å². The van der Waals surface area contributed by atoms with E-state index in [2.05, 4.69) is 0 Å². The van der Waals surface area contributed by atoms with Gasteiger partial charge >= 0.3 is 6.18 Å². The van der Waals surface area contributed by atoms with Gasteiger partial charge in [-0.2, -0.15) is 13.2 Å². The molecule has 1 N–H and O–H groups in total. The molecule has 0 bridgehead atoms. The van der Waals surface area contributed by atoms with Crippen LogP contribution < -0.4 is 0 Å². The number of hydrogen-bond donors (Lipinski definition) is 1. The predicted octanol–water partition coefficient (Wildman–Crippen LogP) is 5.06. The third-order valence-electron chi connectivity index (χ3n) is 3.40. The normalized spacial score (nSPS) is 13.3. The zero-order valence-electron chi connectivity index (χ0n) is 11.5. The Morgan fingerprint density at radius 3 is 2.24 bits per heavy atom. The fourth-order valence-electron chi connectivity index (χ4n) is 2.26. The van der Waals surface area contributed by atoms with Gasteiger partial charge in [-0.1, -0.05) is 35.9 Å². The van der Waals surface area contributed by atoms with Crippen LogP contribution >= 0.6 is 11.6 Å². The number of halogens is 4. The fraction of sp³-hybridized carbons (Fsp3) is 0.250. The molecule has 0 aliphatic heterocycles. The first-order valence-corrected chi connectivity index (χ1v) is 6.70. The van der Waals surface area contributed by atoms with Gasteiger partial charge < -0.3 is 5.11 Å². The third-order valence-corrected chi connectivity index (χ3v) is 3.81. The number of aliphatic hydroxyl groups excluding tert-OH is 1. The average Bonchev–Trinajstić information content (AvgIpc) is 2.41. The lowest BCUT2D eigenvalue weighted by Crippen LogP contribution is -2.13. The lowest BCUT2D eigenvalue weighted by molar-refractivity contribution is -0.139. The zero-order valence-corrected chi connectivity index (χ0v) is 12.3. The Kier molecular flexibility index (Phi) is 4.30. The highest BCUT2D eigenvalue weighted by molar-refractivity contribution is 6.31. The molecule has 112 valence electrons. The highest BCUT2D eigenvalue weighted by Gasteiger charge is 2.35. The Morgan fingerprint density at radius 2 is 1.62 bits per heavy atom. The van der Waals surface area contributed by atoms with Gasteiger partial charge in [0.05, 0.1) is 5.56 Å². The molecule has 1 nitrogen and oxygen atoms in total. The van der Waals surface area contributed by atoms with Gasteiger partial charge in [-0.25, -0.2) is 0 Å². The van der Waals surface area contributed by atoms with E-state index in [4.69, 9.17) is 11.6 Å². The smallest absolute Gasteiger partial charge is 0.384 e. The molecule has 0 spiro atoms. The Hall–Kier alpha value is -1.52. The molecular formula is C16H14ClF3O. The first-order valence-electron chi connectivity index (χ1n) is 6.32. The van der Waals surface area contributed by atoms with E-state index in [0.717, 1.165) is 6.07 Å². The minimum atomic E-state index is -4.51. The average molecular weight is 315 g/mol. The van der Waals surface area contributed by atoms with E-state index in [1.54, 1.807) is 26.0 Å². The summed E-state index contributed by atoms with van der Waals surface area (Å²) in [4.78, 5) is 0. The summed E-state index contributed by atoms with van der Waals surface area (Å²) in [5.41, 5.74) is 0.795. The van der Waals surface area contributed by atoms with Crippen LogP contribution in [0.25, 0.3) is 0 Å². The van der Waals surface area contributed by atoms with E-state index in [0.29, 0.717) is 21.7 Å². The second-order valence-electron chi connectivity index (χ2n) is 4.95. The summed E-state index contributed by atoms with van der Waals surface area (Å²) in [5, 5.41) is 10.9. The Balaban J connectivity index is 2.56. The van der Waals surface area contributed by atoms with Crippen LogP contribution in [-0.4, -0.2) is 5.11 Å². The molecule has 0 aromatic heterocycles. The van der Waals surface area contributed by atoms with Gasteiger partial charge in [0.15, 0.2) is 0 Å². The molecule has 0 heterocycles. The second-order valence-corrected chi connectivity index (χ2v) is 5.35. The highest BCUT2D eigenvalue weighted by atomic mass is 35.5. The van der Waals surface area contributed by atoms with Crippen LogP contribution in [0.1, 0.15) is 33.9 Å². The van der Waals surface area contributed by atoms with Gasteiger partial charge in [-0.3, -0.25) is 0 Å². The summed E-state index contributed by atoms with van der Waals surface area (Å²) < 4.78 is 39.1. The SMILES string of the molecule is Cc1cc(C(O)c2ccccc2C(F)(F)F)c(C)cc1Cl. The molecule has 2 aromatic carbocycles. The van der Waals surface area contributed by atoms with Crippen molar-refractivity contribution in [3.63, 3.8) is 0 Å².